The van der Waals surface area contributed by atoms with Crippen LogP contribution >= 0.6 is 23.2 Å². The summed E-state index contributed by atoms with van der Waals surface area (Å²) >= 11 is 10.7. The van der Waals surface area contributed by atoms with Crippen molar-refractivity contribution in [2.75, 3.05) is 40.1 Å². The maximum Gasteiger partial charge on any atom is 0.231 e. The van der Waals surface area contributed by atoms with Crippen molar-refractivity contribution in [1.29, 1.82) is 0 Å². The van der Waals surface area contributed by atoms with Crippen molar-refractivity contribution in [1.82, 2.24) is 34.7 Å². The molecule has 4 aliphatic rings. The lowest BCUT2D eigenvalue weighted by Crippen LogP contribution is -2.36. The number of nitrogen functional groups attached to an aromatic ring is 1. The fourth-order valence-electron chi connectivity index (χ4n) is 6.89. The Balaban J connectivity index is 0.000000222. The molecule has 0 atom stereocenters. The second-order valence-electron chi connectivity index (χ2n) is 17.1. The van der Waals surface area contributed by atoms with Gasteiger partial charge in [-0.25, -0.2) is 19.9 Å². The Bertz CT molecular complexity index is 1970. The van der Waals surface area contributed by atoms with Gasteiger partial charge in [-0.1, -0.05) is 25.4 Å². The van der Waals surface area contributed by atoms with E-state index in [0.29, 0.717) is 66.1 Å². The molecule has 0 spiro atoms. The monoisotopic (exact) mass is 922 g/mol. The van der Waals surface area contributed by atoms with Crippen LogP contribution in [0.1, 0.15) is 119 Å². The summed E-state index contributed by atoms with van der Waals surface area (Å²) in [7, 11) is 0. The summed E-state index contributed by atoms with van der Waals surface area (Å²) in [5.74, 6) is 1.27. The van der Waals surface area contributed by atoms with Gasteiger partial charge in [0.15, 0.2) is 0 Å². The van der Waals surface area contributed by atoms with Crippen molar-refractivity contribution in [3.05, 3.63) is 76.6 Å². The second-order valence-corrected chi connectivity index (χ2v) is 17.8. The summed E-state index contributed by atoms with van der Waals surface area (Å²) in [6.07, 6.45) is 10.5. The number of hydrogen-bond acceptors (Lipinski definition) is 13. The Hall–Kier alpha value is -4.67. The molecular weight excluding hydrogens is 850 g/mol. The van der Waals surface area contributed by atoms with Crippen molar-refractivity contribution in [2.45, 2.75) is 157 Å². The van der Waals surface area contributed by atoms with Gasteiger partial charge in [0.1, 0.15) is 11.5 Å². The highest BCUT2D eigenvalue weighted by Crippen LogP contribution is 2.28. The fraction of sp³-hybridized carbons (Fsp3) is 0.553. The van der Waals surface area contributed by atoms with E-state index in [2.05, 4.69) is 125 Å². The van der Waals surface area contributed by atoms with Crippen LogP contribution in [0.15, 0.2) is 55.0 Å². The van der Waals surface area contributed by atoms with Gasteiger partial charge in [-0.2, -0.15) is 4.98 Å². The number of aromatic nitrogens is 5. The van der Waals surface area contributed by atoms with Crippen molar-refractivity contribution < 1.29 is 9.59 Å². The minimum absolute atomic E-state index is 0.0708. The van der Waals surface area contributed by atoms with E-state index in [0.717, 1.165) is 59.8 Å². The Kier molecular flexibility index (Phi) is 23.2. The maximum absolute atomic E-state index is 11.4. The zero-order chi connectivity index (χ0) is 47.3. The number of benzene rings is 2. The first-order valence-corrected chi connectivity index (χ1v) is 23.4. The Morgan fingerprint density at radius 1 is 0.688 bits per heavy atom. The van der Waals surface area contributed by atoms with E-state index in [1.165, 1.54) is 38.2 Å². The average Bonchev–Trinajstić information content (AvgIpc) is 4.18. The van der Waals surface area contributed by atoms with E-state index in [9.17, 15) is 9.59 Å². The number of carbonyl (C=O) groups excluding carboxylic acids is 2. The Morgan fingerprint density at radius 2 is 1.19 bits per heavy atom. The number of nitrogens with two attached hydrogens (primary N) is 2. The van der Waals surface area contributed by atoms with Crippen LogP contribution in [0, 0.1) is 0 Å². The number of hydrogen-bond donors (Lipinski definition) is 6. The van der Waals surface area contributed by atoms with Crippen molar-refractivity contribution in [2.24, 2.45) is 5.73 Å². The molecule has 0 bridgehead atoms. The van der Waals surface area contributed by atoms with Gasteiger partial charge in [0.05, 0.1) is 0 Å². The SMILES string of the molecule is CCN(C(C)C)C(C)C.CCN(C(C)C)C(C)C.Clc1ccnc(Cl)n1.NC1CC1.Nc1ccc2c(c1)CCC(=O)N2.O=C1CCc2cc(Nc3ncnc(NC4CC4)n3)ccc2N1. The van der Waals surface area contributed by atoms with E-state index in [4.69, 9.17) is 34.7 Å². The van der Waals surface area contributed by atoms with Crippen LogP contribution in [0.3, 0.4) is 0 Å². The summed E-state index contributed by atoms with van der Waals surface area (Å²) in [5, 5.41) is 12.6. The molecule has 2 amide bonds. The molecule has 2 aliphatic carbocycles. The fourth-order valence-corrected chi connectivity index (χ4v) is 7.22. The van der Waals surface area contributed by atoms with Crippen LogP contribution in [0.25, 0.3) is 0 Å². The van der Waals surface area contributed by atoms with Gasteiger partial charge in [-0.3, -0.25) is 19.4 Å². The highest BCUT2D eigenvalue weighted by molar-refractivity contribution is 6.31. The zero-order valence-corrected chi connectivity index (χ0v) is 41.1. The molecule has 0 radical (unpaired) electrons. The molecule has 4 aromatic rings. The lowest BCUT2D eigenvalue weighted by Gasteiger charge is -2.28. The second kappa shape index (κ2) is 27.6. The molecule has 17 heteroatoms. The minimum Gasteiger partial charge on any atom is -0.399 e. The lowest BCUT2D eigenvalue weighted by atomic mass is 10.0. The summed E-state index contributed by atoms with van der Waals surface area (Å²) < 4.78 is 0. The summed E-state index contributed by atoms with van der Waals surface area (Å²) in [6, 6.07) is 16.8. The molecular formula is C47H73Cl2N13O2. The number of rotatable bonds is 10. The van der Waals surface area contributed by atoms with Gasteiger partial charge in [0.25, 0.3) is 0 Å². The number of nitrogens with one attached hydrogen (secondary N) is 4. The van der Waals surface area contributed by atoms with E-state index in [-0.39, 0.29) is 17.1 Å². The van der Waals surface area contributed by atoms with Crippen LogP contribution in [-0.2, 0) is 22.4 Å². The first-order valence-electron chi connectivity index (χ1n) is 22.6. The van der Waals surface area contributed by atoms with Gasteiger partial charge in [-0.15, -0.1) is 0 Å². The topological polar surface area (TPSA) is 205 Å². The molecule has 4 heterocycles. The number of amides is 2. The van der Waals surface area contributed by atoms with Crippen LogP contribution < -0.4 is 32.7 Å². The number of fused-ring (bicyclic) bond motifs is 2. The van der Waals surface area contributed by atoms with Crippen molar-refractivity contribution in [3.8, 4) is 0 Å². The summed E-state index contributed by atoms with van der Waals surface area (Å²) in [5.41, 5.74) is 16.5. The third-order valence-electron chi connectivity index (χ3n) is 10.4. The quantitative estimate of drug-likeness (QED) is 0.0499. The van der Waals surface area contributed by atoms with Crippen molar-refractivity contribution >= 4 is 69.7 Å². The summed E-state index contributed by atoms with van der Waals surface area (Å²) in [4.78, 5) is 47.1. The zero-order valence-electron chi connectivity index (χ0n) is 39.6. The average molecular weight is 923 g/mol. The standard InChI is InChI=1S/C15H16N6O.C9H10N2O.2C8H19N.C4H2Cl2N2.C3H7N/c22-13-6-1-9-7-11(4-5-12(9)20-13)19-15-17-8-16-14(21-15)18-10-2-3-10;10-7-2-3-8-6(5-7)1-4-9(12)11-8;2*1-6-9(7(2)3)8(4)5;5-3-1-2-7-4(6)8-3;4-3-1-2-3/h4-5,7-8,10H,1-3,6H2,(H,20,22)(H2,16,17,18,19,21);2-3,5H,1,4,10H2,(H,11,12);2*7-8H,6H2,1-5H3;1-2H;3H,1-2,4H2. The normalized spacial score (nSPS) is 14.7. The molecule has 2 aromatic heterocycles. The van der Waals surface area contributed by atoms with Gasteiger partial charge in [-0.05, 0) is 172 Å². The third-order valence-corrected chi connectivity index (χ3v) is 10.8. The smallest absolute Gasteiger partial charge is 0.231 e. The maximum atomic E-state index is 11.4. The number of aryl methyl sites for hydroxylation is 2. The van der Waals surface area contributed by atoms with Gasteiger partial charge >= 0.3 is 0 Å². The number of nitrogens with zero attached hydrogens (tertiary/aromatic N) is 7. The Labute approximate surface area is 391 Å². The molecule has 2 aromatic carbocycles. The predicted molar refractivity (Wildman–Crippen MR) is 266 cm³/mol. The number of carbonyl (C=O) groups is 2. The summed E-state index contributed by atoms with van der Waals surface area (Å²) in [6.45, 7) is 24.7. The van der Waals surface area contributed by atoms with Gasteiger partial charge in [0.2, 0.25) is 29.0 Å². The first kappa shape index (κ1) is 53.7. The molecule has 64 heavy (non-hydrogen) atoms. The van der Waals surface area contributed by atoms with Crippen LogP contribution in [0.4, 0.5) is 34.6 Å². The van der Waals surface area contributed by atoms with E-state index >= 15 is 0 Å². The molecule has 8 N–H and O–H groups in total. The third kappa shape index (κ3) is 20.9. The molecule has 8 rings (SSSR count). The molecule has 15 nitrogen and oxygen atoms in total. The number of anilines is 6. The van der Waals surface area contributed by atoms with Gasteiger partial charge < -0.3 is 32.7 Å². The number of halogens is 2. The molecule has 0 saturated heterocycles. The molecule has 352 valence electrons. The highest BCUT2D eigenvalue weighted by Gasteiger charge is 2.22. The van der Waals surface area contributed by atoms with E-state index in [1.54, 1.807) is 12.1 Å². The van der Waals surface area contributed by atoms with Crippen molar-refractivity contribution in [3.63, 3.8) is 0 Å². The molecule has 2 aliphatic heterocycles. The largest absolute Gasteiger partial charge is 0.399 e. The first-order chi connectivity index (χ1) is 30.4. The van der Waals surface area contributed by atoms with Gasteiger partial charge in [0, 0.05) is 78.0 Å². The van der Waals surface area contributed by atoms with Crippen LogP contribution in [-0.4, -0.2) is 95.9 Å². The molecule has 2 saturated carbocycles. The van der Waals surface area contributed by atoms with E-state index < -0.39 is 0 Å². The predicted octanol–water partition coefficient (Wildman–Crippen LogP) is 9.37. The van der Waals surface area contributed by atoms with Crippen LogP contribution in [0.2, 0.25) is 10.4 Å². The molecule has 2 fully saturated rings. The molecule has 0 unspecified atom stereocenters. The van der Waals surface area contributed by atoms with Crippen LogP contribution in [0.5, 0.6) is 0 Å². The highest BCUT2D eigenvalue weighted by atomic mass is 35.5. The Morgan fingerprint density at radius 3 is 1.61 bits per heavy atom. The lowest BCUT2D eigenvalue weighted by molar-refractivity contribution is -0.117. The van der Waals surface area contributed by atoms with E-state index in [1.807, 2.05) is 30.3 Å². The minimum atomic E-state index is 0.0708.